The van der Waals surface area contributed by atoms with Gasteiger partial charge in [0.15, 0.2) is 0 Å². The van der Waals surface area contributed by atoms with E-state index in [2.05, 4.69) is 15.0 Å². The van der Waals surface area contributed by atoms with Crippen molar-refractivity contribution in [1.29, 1.82) is 0 Å². The van der Waals surface area contributed by atoms with E-state index in [-0.39, 0.29) is 0 Å². The first-order valence-electron chi connectivity index (χ1n) is 4.11. The van der Waals surface area contributed by atoms with Crippen LogP contribution in [-0.4, -0.2) is 15.0 Å². The first-order valence-corrected chi connectivity index (χ1v) is 4.11. The van der Waals surface area contributed by atoms with Crippen molar-refractivity contribution in [2.24, 2.45) is 0 Å². The van der Waals surface area contributed by atoms with Crippen LogP contribution in [0, 0.1) is 6.92 Å². The van der Waals surface area contributed by atoms with Crippen LogP contribution in [0.15, 0.2) is 18.7 Å². The number of rotatable bonds is 0. The molecule has 0 atom stereocenters. The minimum absolute atomic E-state index is 1.00. The quantitative estimate of drug-likeness (QED) is 0.647. The highest BCUT2D eigenvalue weighted by Crippen LogP contribution is 2.11. The minimum atomic E-state index is 1.00. The molecule has 0 spiro atoms. The molecule has 3 nitrogen and oxygen atoms in total. The third-order valence-electron chi connectivity index (χ3n) is 1.53. The summed E-state index contributed by atoms with van der Waals surface area (Å²) in [4.78, 5) is 11.0. The van der Waals surface area contributed by atoms with Gasteiger partial charge in [-0.05, 0) is 12.5 Å². The van der Waals surface area contributed by atoms with Gasteiger partial charge < -0.3 is 4.98 Å². The van der Waals surface area contributed by atoms with Crippen LogP contribution in [0.3, 0.4) is 0 Å². The molecule has 0 radical (unpaired) electrons. The predicted octanol–water partition coefficient (Wildman–Crippen LogP) is 2.29. The Morgan fingerprint density at radius 1 is 1.33 bits per heavy atom. The molecule has 0 saturated carbocycles. The van der Waals surface area contributed by atoms with Crippen LogP contribution in [0.4, 0.5) is 0 Å². The van der Waals surface area contributed by atoms with E-state index in [1.54, 1.807) is 12.5 Å². The number of aromatic nitrogens is 3. The number of fused-ring (bicyclic) bond motifs is 1. The largest absolute Gasteiger partial charge is 0.358 e. The van der Waals surface area contributed by atoms with Gasteiger partial charge in [-0.3, -0.25) is 0 Å². The highest BCUT2D eigenvalue weighted by Gasteiger charge is 1.97. The molecule has 12 heavy (non-hydrogen) atoms. The van der Waals surface area contributed by atoms with Crippen LogP contribution in [0.2, 0.25) is 0 Å². The first kappa shape index (κ1) is 8.71. The first-order chi connectivity index (χ1) is 5.88. The van der Waals surface area contributed by atoms with Crippen molar-refractivity contribution in [3.63, 3.8) is 0 Å². The molecule has 0 amide bonds. The van der Waals surface area contributed by atoms with Gasteiger partial charge in [0.05, 0.1) is 17.2 Å². The number of hydrogen-bond donors (Lipinski definition) is 1. The van der Waals surface area contributed by atoms with Gasteiger partial charge in [-0.1, -0.05) is 13.8 Å². The van der Waals surface area contributed by atoms with Crippen LogP contribution < -0.4 is 0 Å². The topological polar surface area (TPSA) is 41.6 Å². The minimum Gasteiger partial charge on any atom is -0.358 e. The maximum atomic E-state index is 4.10. The van der Waals surface area contributed by atoms with E-state index in [9.17, 15) is 0 Å². The van der Waals surface area contributed by atoms with Gasteiger partial charge in [0.1, 0.15) is 6.33 Å². The molecule has 64 valence electrons. The Bertz CT molecular complexity index is 351. The molecule has 0 unspecified atom stereocenters. The van der Waals surface area contributed by atoms with Crippen molar-refractivity contribution in [2.45, 2.75) is 20.8 Å². The lowest BCUT2D eigenvalue weighted by Gasteiger charge is -1.85. The normalized spacial score (nSPS) is 9.25. The molecule has 2 aromatic heterocycles. The molecular formula is C9H13N3. The molecule has 0 saturated heterocycles. The van der Waals surface area contributed by atoms with Crippen molar-refractivity contribution < 1.29 is 0 Å². The van der Waals surface area contributed by atoms with Crippen molar-refractivity contribution in [3.05, 3.63) is 24.3 Å². The summed E-state index contributed by atoms with van der Waals surface area (Å²) in [5, 5.41) is 0. The molecule has 2 aromatic rings. The Hall–Kier alpha value is -1.38. The summed E-state index contributed by atoms with van der Waals surface area (Å²) in [6.45, 7) is 6.02. The van der Waals surface area contributed by atoms with Gasteiger partial charge in [0.25, 0.3) is 0 Å². The number of nitrogens with zero attached hydrogens (tertiary/aromatic N) is 2. The molecule has 0 aliphatic rings. The van der Waals surface area contributed by atoms with Crippen LogP contribution in [0.1, 0.15) is 19.4 Å². The van der Waals surface area contributed by atoms with Gasteiger partial charge in [-0.25, -0.2) is 9.97 Å². The molecular weight excluding hydrogens is 150 g/mol. The Labute approximate surface area is 71.9 Å². The summed E-state index contributed by atoms with van der Waals surface area (Å²) in [5.74, 6) is 0. The molecule has 2 rings (SSSR count). The van der Waals surface area contributed by atoms with Crippen LogP contribution in [0.25, 0.3) is 11.0 Å². The van der Waals surface area contributed by atoms with E-state index < -0.39 is 0 Å². The molecule has 0 fully saturated rings. The number of aromatic amines is 1. The summed E-state index contributed by atoms with van der Waals surface area (Å²) < 4.78 is 0. The van der Waals surface area contributed by atoms with E-state index in [1.807, 2.05) is 27.0 Å². The zero-order valence-electron chi connectivity index (χ0n) is 7.63. The maximum Gasteiger partial charge on any atom is 0.116 e. The third-order valence-corrected chi connectivity index (χ3v) is 1.53. The molecule has 2 heterocycles. The van der Waals surface area contributed by atoms with Crippen molar-refractivity contribution in [3.8, 4) is 0 Å². The standard InChI is InChI=1S/C7H7N3.C2H6/c1-5-2-9-6-3-8-4-10-7(5)6;1-2/h2-4,9H,1H3;1-2H3. The number of nitrogens with one attached hydrogen (secondary N) is 1. The molecule has 1 N–H and O–H groups in total. The van der Waals surface area contributed by atoms with Crippen molar-refractivity contribution in [2.75, 3.05) is 0 Å². The van der Waals surface area contributed by atoms with Crippen LogP contribution >= 0.6 is 0 Å². The van der Waals surface area contributed by atoms with Gasteiger partial charge in [0, 0.05) is 6.20 Å². The summed E-state index contributed by atoms with van der Waals surface area (Å²) in [6, 6.07) is 0. The molecule has 3 heteroatoms. The zero-order chi connectivity index (χ0) is 8.97. The van der Waals surface area contributed by atoms with Gasteiger partial charge in [-0.2, -0.15) is 0 Å². The number of hydrogen-bond acceptors (Lipinski definition) is 2. The van der Waals surface area contributed by atoms with E-state index in [1.165, 1.54) is 0 Å². The Morgan fingerprint density at radius 2 is 2.08 bits per heavy atom. The summed E-state index contributed by atoms with van der Waals surface area (Å²) in [5.41, 5.74) is 3.17. The monoisotopic (exact) mass is 163 g/mol. The van der Waals surface area contributed by atoms with Crippen molar-refractivity contribution in [1.82, 2.24) is 15.0 Å². The highest BCUT2D eigenvalue weighted by atomic mass is 14.9. The second-order valence-electron chi connectivity index (χ2n) is 2.26. The average Bonchev–Trinajstić information content (AvgIpc) is 2.53. The summed E-state index contributed by atoms with van der Waals surface area (Å²) in [7, 11) is 0. The van der Waals surface area contributed by atoms with Gasteiger partial charge in [-0.15, -0.1) is 0 Å². The SMILES string of the molecule is CC.Cc1c[nH]c2cncnc12. The summed E-state index contributed by atoms with van der Waals surface area (Å²) >= 11 is 0. The maximum absolute atomic E-state index is 4.10. The third kappa shape index (κ3) is 1.44. The van der Waals surface area contributed by atoms with Crippen molar-refractivity contribution >= 4 is 11.0 Å². The lowest BCUT2D eigenvalue weighted by Crippen LogP contribution is -1.77. The highest BCUT2D eigenvalue weighted by molar-refractivity contribution is 5.77. The zero-order valence-corrected chi connectivity index (χ0v) is 7.63. The van der Waals surface area contributed by atoms with Crippen LogP contribution in [-0.2, 0) is 0 Å². The second kappa shape index (κ2) is 3.85. The molecule has 0 bridgehead atoms. The fourth-order valence-corrected chi connectivity index (χ4v) is 1.00. The van der Waals surface area contributed by atoms with Gasteiger partial charge >= 0.3 is 0 Å². The Balaban J connectivity index is 0.000000336. The number of H-pyrrole nitrogens is 1. The number of aryl methyl sites for hydroxylation is 1. The lowest BCUT2D eigenvalue weighted by molar-refractivity contribution is 1.21. The Kier molecular flexibility index (Phi) is 2.80. The van der Waals surface area contributed by atoms with E-state index >= 15 is 0 Å². The fraction of sp³-hybridized carbons (Fsp3) is 0.333. The lowest BCUT2D eigenvalue weighted by atomic mass is 10.3. The second-order valence-corrected chi connectivity index (χ2v) is 2.26. The molecule has 0 aliphatic carbocycles. The van der Waals surface area contributed by atoms with Gasteiger partial charge in [0.2, 0.25) is 0 Å². The smallest absolute Gasteiger partial charge is 0.116 e. The predicted molar refractivity (Wildman–Crippen MR) is 50.0 cm³/mol. The van der Waals surface area contributed by atoms with E-state index in [4.69, 9.17) is 0 Å². The van der Waals surface area contributed by atoms with Crippen LogP contribution in [0.5, 0.6) is 0 Å². The summed E-state index contributed by atoms with van der Waals surface area (Å²) in [6.07, 6.45) is 5.26. The average molecular weight is 163 g/mol. The van der Waals surface area contributed by atoms with E-state index in [0.717, 1.165) is 16.6 Å². The molecule has 0 aromatic carbocycles. The fourth-order valence-electron chi connectivity index (χ4n) is 1.00. The van der Waals surface area contributed by atoms with E-state index in [0.29, 0.717) is 0 Å². The molecule has 0 aliphatic heterocycles. The Morgan fingerprint density at radius 3 is 2.75 bits per heavy atom.